The number of carboxylic acid groups (broad SMARTS) is 1. The molecule has 0 saturated carbocycles. The Morgan fingerprint density at radius 3 is 2.90 bits per heavy atom. The van der Waals surface area contributed by atoms with E-state index in [4.69, 9.17) is 16.7 Å². The molecule has 1 heterocycles. The van der Waals surface area contributed by atoms with Crippen LogP contribution in [0.25, 0.3) is 0 Å². The number of likely N-dealkylation sites (tertiary alicyclic amines) is 1. The van der Waals surface area contributed by atoms with Crippen LogP contribution in [0.2, 0.25) is 5.02 Å². The first kappa shape index (κ1) is 14.9. The van der Waals surface area contributed by atoms with Crippen molar-refractivity contribution in [1.82, 2.24) is 4.90 Å². The second-order valence-electron chi connectivity index (χ2n) is 5.25. The second-order valence-corrected chi connectivity index (χ2v) is 5.66. The quantitative estimate of drug-likeness (QED) is 0.929. The largest absolute Gasteiger partial charge is 0.481 e. The highest BCUT2D eigenvalue weighted by Gasteiger charge is 2.28. The van der Waals surface area contributed by atoms with Gasteiger partial charge >= 0.3 is 5.97 Å². The normalized spacial score (nSPS) is 18.3. The van der Waals surface area contributed by atoms with Crippen LogP contribution in [-0.2, 0) is 4.79 Å². The summed E-state index contributed by atoms with van der Waals surface area (Å²) in [6.07, 6.45) is 1.68. The van der Waals surface area contributed by atoms with E-state index in [1.807, 2.05) is 6.92 Å². The van der Waals surface area contributed by atoms with Crippen LogP contribution in [-0.4, -0.2) is 35.0 Å². The number of nitrogens with zero attached hydrogens (tertiary/aromatic N) is 1. The molecule has 5 heteroatoms. The Morgan fingerprint density at radius 2 is 2.20 bits per heavy atom. The van der Waals surface area contributed by atoms with Crippen molar-refractivity contribution in [2.24, 2.45) is 5.92 Å². The molecular weight excluding hydrogens is 278 g/mol. The van der Waals surface area contributed by atoms with E-state index < -0.39 is 5.97 Å². The van der Waals surface area contributed by atoms with Gasteiger partial charge in [0.1, 0.15) is 0 Å². The van der Waals surface area contributed by atoms with Gasteiger partial charge in [-0.25, -0.2) is 0 Å². The molecule has 1 unspecified atom stereocenters. The van der Waals surface area contributed by atoms with E-state index in [1.165, 1.54) is 0 Å². The molecule has 0 spiro atoms. The molecule has 1 amide bonds. The average molecular weight is 296 g/mol. The van der Waals surface area contributed by atoms with Crippen molar-refractivity contribution in [2.45, 2.75) is 26.2 Å². The Bertz CT molecular complexity index is 530. The smallest absolute Gasteiger partial charge is 0.303 e. The van der Waals surface area contributed by atoms with Gasteiger partial charge < -0.3 is 10.0 Å². The molecule has 0 bridgehead atoms. The zero-order valence-corrected chi connectivity index (χ0v) is 12.2. The monoisotopic (exact) mass is 295 g/mol. The minimum Gasteiger partial charge on any atom is -0.481 e. The Kier molecular flexibility index (Phi) is 4.65. The fraction of sp³-hybridized carbons (Fsp3) is 0.467. The summed E-state index contributed by atoms with van der Waals surface area (Å²) >= 11 is 6.04. The number of hydrogen-bond acceptors (Lipinski definition) is 2. The molecule has 1 N–H and O–H groups in total. The molecular formula is C15H18ClNO3. The number of halogens is 1. The first-order valence-electron chi connectivity index (χ1n) is 6.75. The van der Waals surface area contributed by atoms with Gasteiger partial charge in [-0.2, -0.15) is 0 Å². The van der Waals surface area contributed by atoms with Crippen molar-refractivity contribution in [3.05, 3.63) is 34.3 Å². The lowest BCUT2D eigenvalue weighted by Gasteiger charge is -2.18. The summed E-state index contributed by atoms with van der Waals surface area (Å²) in [4.78, 5) is 24.8. The summed E-state index contributed by atoms with van der Waals surface area (Å²) < 4.78 is 0. The molecule has 0 radical (unpaired) electrons. The lowest BCUT2D eigenvalue weighted by molar-refractivity contribution is -0.137. The molecule has 1 aliphatic rings. The van der Waals surface area contributed by atoms with Gasteiger partial charge in [-0.15, -0.1) is 0 Å². The van der Waals surface area contributed by atoms with Crippen LogP contribution in [0.4, 0.5) is 0 Å². The fourth-order valence-corrected chi connectivity index (χ4v) is 2.76. The zero-order valence-electron chi connectivity index (χ0n) is 11.4. The molecule has 1 aromatic rings. The topological polar surface area (TPSA) is 57.6 Å². The predicted molar refractivity (Wildman–Crippen MR) is 77.1 cm³/mol. The highest BCUT2D eigenvalue weighted by atomic mass is 35.5. The van der Waals surface area contributed by atoms with E-state index in [0.717, 1.165) is 12.0 Å². The van der Waals surface area contributed by atoms with Crippen molar-refractivity contribution in [2.75, 3.05) is 13.1 Å². The average Bonchev–Trinajstić information content (AvgIpc) is 2.87. The summed E-state index contributed by atoms with van der Waals surface area (Å²) in [6.45, 7) is 3.17. The van der Waals surface area contributed by atoms with Gasteiger partial charge in [0.25, 0.3) is 5.91 Å². The van der Waals surface area contributed by atoms with Crippen LogP contribution in [0.5, 0.6) is 0 Å². The van der Waals surface area contributed by atoms with Crippen LogP contribution >= 0.6 is 11.6 Å². The number of benzene rings is 1. The third-order valence-electron chi connectivity index (χ3n) is 3.84. The van der Waals surface area contributed by atoms with E-state index in [-0.39, 0.29) is 18.2 Å². The van der Waals surface area contributed by atoms with Crippen LogP contribution < -0.4 is 0 Å². The van der Waals surface area contributed by atoms with E-state index >= 15 is 0 Å². The van der Waals surface area contributed by atoms with Gasteiger partial charge in [-0.05, 0) is 43.4 Å². The fourth-order valence-electron chi connectivity index (χ4n) is 2.59. The summed E-state index contributed by atoms with van der Waals surface area (Å²) in [5, 5.41) is 9.29. The summed E-state index contributed by atoms with van der Waals surface area (Å²) in [7, 11) is 0. The van der Waals surface area contributed by atoms with Crippen molar-refractivity contribution in [1.29, 1.82) is 0 Å². The van der Waals surface area contributed by atoms with Gasteiger partial charge in [0.15, 0.2) is 0 Å². The number of aliphatic carboxylic acids is 1. The predicted octanol–water partition coefficient (Wildman–Crippen LogP) is 2.98. The lowest BCUT2D eigenvalue weighted by Crippen LogP contribution is -2.29. The first-order chi connectivity index (χ1) is 9.49. The van der Waals surface area contributed by atoms with Crippen LogP contribution in [0, 0.1) is 12.8 Å². The van der Waals surface area contributed by atoms with Gasteiger partial charge in [-0.1, -0.05) is 17.7 Å². The molecule has 0 aliphatic carbocycles. The summed E-state index contributed by atoms with van der Waals surface area (Å²) in [6, 6.07) is 5.34. The number of amides is 1. The van der Waals surface area contributed by atoms with Crippen LogP contribution in [0.15, 0.2) is 18.2 Å². The third kappa shape index (κ3) is 3.31. The molecule has 1 aromatic carbocycles. The standard InChI is InChI=1S/C15H18ClNO3/c1-10-12(3-2-4-13(10)16)15(20)17-8-7-11(9-17)5-6-14(18)19/h2-4,11H,5-9H2,1H3,(H,18,19). The highest BCUT2D eigenvalue weighted by Crippen LogP contribution is 2.25. The summed E-state index contributed by atoms with van der Waals surface area (Å²) in [5.74, 6) is -0.502. The molecule has 20 heavy (non-hydrogen) atoms. The lowest BCUT2D eigenvalue weighted by atomic mass is 10.0. The zero-order chi connectivity index (χ0) is 14.7. The van der Waals surface area contributed by atoms with E-state index in [9.17, 15) is 9.59 Å². The maximum absolute atomic E-state index is 12.5. The molecule has 0 aromatic heterocycles. The van der Waals surface area contributed by atoms with Gasteiger partial charge in [0.05, 0.1) is 0 Å². The number of hydrogen-bond donors (Lipinski definition) is 1. The minimum atomic E-state index is -0.777. The second kappa shape index (κ2) is 6.27. The van der Waals surface area contributed by atoms with Gasteiger partial charge in [0.2, 0.25) is 0 Å². The van der Waals surface area contributed by atoms with E-state index in [2.05, 4.69) is 0 Å². The molecule has 1 saturated heterocycles. The SMILES string of the molecule is Cc1c(Cl)cccc1C(=O)N1CCC(CCC(=O)O)C1. The van der Waals surface area contributed by atoms with Crippen LogP contribution in [0.1, 0.15) is 35.2 Å². The number of carbonyl (C=O) groups excluding carboxylic acids is 1. The van der Waals surface area contributed by atoms with E-state index in [0.29, 0.717) is 30.1 Å². The van der Waals surface area contributed by atoms with Gasteiger partial charge in [-0.3, -0.25) is 9.59 Å². The first-order valence-corrected chi connectivity index (χ1v) is 7.13. The minimum absolute atomic E-state index is 0.0113. The highest BCUT2D eigenvalue weighted by molar-refractivity contribution is 6.31. The van der Waals surface area contributed by atoms with Crippen molar-refractivity contribution in [3.63, 3.8) is 0 Å². The molecule has 108 valence electrons. The van der Waals surface area contributed by atoms with Crippen molar-refractivity contribution in [3.8, 4) is 0 Å². The van der Waals surface area contributed by atoms with Gasteiger partial charge in [0, 0.05) is 30.1 Å². The molecule has 1 atom stereocenters. The summed E-state index contributed by atoms with van der Waals surface area (Å²) in [5.41, 5.74) is 1.43. The molecule has 1 fully saturated rings. The maximum Gasteiger partial charge on any atom is 0.303 e. The van der Waals surface area contributed by atoms with E-state index in [1.54, 1.807) is 23.1 Å². The Hall–Kier alpha value is -1.55. The Balaban J connectivity index is 2.01. The number of carboxylic acids is 1. The Morgan fingerprint density at radius 1 is 1.45 bits per heavy atom. The third-order valence-corrected chi connectivity index (χ3v) is 4.25. The maximum atomic E-state index is 12.5. The Labute approximate surface area is 123 Å². The molecule has 1 aliphatic heterocycles. The van der Waals surface area contributed by atoms with Crippen molar-refractivity contribution >= 4 is 23.5 Å². The number of rotatable bonds is 4. The molecule has 2 rings (SSSR count). The number of carbonyl (C=O) groups is 2. The van der Waals surface area contributed by atoms with Crippen molar-refractivity contribution < 1.29 is 14.7 Å². The van der Waals surface area contributed by atoms with Crippen LogP contribution in [0.3, 0.4) is 0 Å². The molecule has 4 nitrogen and oxygen atoms in total.